The van der Waals surface area contributed by atoms with Crippen molar-refractivity contribution in [1.29, 1.82) is 0 Å². The highest BCUT2D eigenvalue weighted by Crippen LogP contribution is 2.66. The molecule has 1 unspecified atom stereocenters. The predicted molar refractivity (Wildman–Crippen MR) is 144 cm³/mol. The van der Waals surface area contributed by atoms with Gasteiger partial charge in [0.1, 0.15) is 11.7 Å². The molecule has 0 spiro atoms. The van der Waals surface area contributed by atoms with E-state index in [4.69, 9.17) is 4.74 Å². The summed E-state index contributed by atoms with van der Waals surface area (Å²) < 4.78 is 5.07. The summed E-state index contributed by atoms with van der Waals surface area (Å²) in [6.45, 7) is 13.3. The van der Waals surface area contributed by atoms with Crippen LogP contribution in [-0.2, 0) is 14.3 Å². The van der Waals surface area contributed by atoms with E-state index in [0.29, 0.717) is 30.1 Å². The third-order valence-corrected chi connectivity index (χ3v) is 11.9. The van der Waals surface area contributed by atoms with E-state index in [-0.39, 0.29) is 28.5 Å². The van der Waals surface area contributed by atoms with Gasteiger partial charge in [0, 0.05) is 5.92 Å². The van der Waals surface area contributed by atoms with E-state index < -0.39 is 11.5 Å². The van der Waals surface area contributed by atoms with Gasteiger partial charge in [-0.3, -0.25) is 9.59 Å². The van der Waals surface area contributed by atoms with Gasteiger partial charge in [0.2, 0.25) is 0 Å². The van der Waals surface area contributed by atoms with Crippen molar-refractivity contribution >= 4 is 11.8 Å². The van der Waals surface area contributed by atoms with Gasteiger partial charge in [0.05, 0.1) is 12.7 Å². The van der Waals surface area contributed by atoms with E-state index >= 15 is 0 Å². The number of Topliss-reactive ketones (excluding diaryl/α,β-unsaturated/α-hetero) is 1. The molecule has 204 valence electrons. The summed E-state index contributed by atoms with van der Waals surface area (Å²) in [6.07, 6.45) is 14.4. The molecule has 0 saturated heterocycles. The zero-order chi connectivity index (χ0) is 26.5. The molecule has 4 aliphatic rings. The number of methoxy groups -OCH3 is 1. The molecule has 36 heavy (non-hydrogen) atoms. The normalized spacial score (nSPS) is 41.9. The molecule has 0 heterocycles. The Labute approximate surface area is 220 Å². The monoisotopic (exact) mass is 500 g/mol. The Morgan fingerprint density at radius 2 is 1.81 bits per heavy atom. The number of fused-ring (bicyclic) bond motifs is 5. The average Bonchev–Trinajstić information content (AvgIpc) is 2.85. The zero-order valence-electron chi connectivity index (χ0n) is 24.1. The summed E-state index contributed by atoms with van der Waals surface area (Å²) in [6, 6.07) is 0. The number of rotatable bonds is 7. The topological polar surface area (TPSA) is 63.6 Å². The molecule has 1 N–H and O–H groups in total. The van der Waals surface area contributed by atoms with Crippen LogP contribution in [0.25, 0.3) is 0 Å². The first kappa shape index (κ1) is 27.9. The van der Waals surface area contributed by atoms with Gasteiger partial charge in [-0.25, -0.2) is 0 Å². The number of carbonyl (C=O) groups is 2. The quantitative estimate of drug-likeness (QED) is 0.229. The predicted octanol–water partition coefficient (Wildman–Crippen LogP) is 7.14. The highest BCUT2D eigenvalue weighted by molar-refractivity contribution is 5.99. The smallest absolute Gasteiger partial charge is 0.316 e. The summed E-state index contributed by atoms with van der Waals surface area (Å²) in [5.74, 6) is 1.88. The van der Waals surface area contributed by atoms with Gasteiger partial charge >= 0.3 is 5.97 Å². The van der Waals surface area contributed by atoms with Crippen molar-refractivity contribution in [1.82, 2.24) is 0 Å². The van der Waals surface area contributed by atoms with Gasteiger partial charge in [0.25, 0.3) is 0 Å². The summed E-state index contributed by atoms with van der Waals surface area (Å²) in [5.41, 5.74) is 1.54. The van der Waals surface area contributed by atoms with E-state index in [1.54, 1.807) is 0 Å². The molecular weight excluding hydrogens is 448 g/mol. The van der Waals surface area contributed by atoms with E-state index in [9.17, 15) is 14.7 Å². The largest absolute Gasteiger partial charge is 0.468 e. The van der Waals surface area contributed by atoms with Gasteiger partial charge in [-0.15, -0.1) is 0 Å². The number of ether oxygens (including phenoxy) is 1. The molecule has 0 aromatic heterocycles. The third kappa shape index (κ3) is 4.63. The number of allylic oxidation sites excluding steroid dienone is 1. The SMILES string of the molecule is CC[C@]1(O)CC[C@@]2(C)C(=CC[C@H]3[C@@H]4CCC[C@H]([C@H](C)CC(C(=O)OC)C(=O)C(C)C)[C@@]4(C)CC[C@@H]32)C1. The molecule has 3 saturated carbocycles. The van der Waals surface area contributed by atoms with Gasteiger partial charge < -0.3 is 9.84 Å². The van der Waals surface area contributed by atoms with Crippen LogP contribution in [0.15, 0.2) is 11.6 Å². The second kappa shape index (κ2) is 10.2. The molecule has 0 bridgehead atoms. The Kier molecular flexibility index (Phi) is 7.89. The number of ketones is 1. The van der Waals surface area contributed by atoms with Crippen LogP contribution in [0.2, 0.25) is 0 Å². The lowest BCUT2D eigenvalue weighted by Crippen LogP contribution is -2.55. The Hall–Kier alpha value is -1.16. The van der Waals surface area contributed by atoms with Crippen LogP contribution < -0.4 is 0 Å². The lowest BCUT2D eigenvalue weighted by molar-refractivity contribution is -0.152. The van der Waals surface area contributed by atoms with Crippen molar-refractivity contribution in [3.8, 4) is 0 Å². The number of hydrogen-bond donors (Lipinski definition) is 1. The third-order valence-electron chi connectivity index (χ3n) is 11.9. The van der Waals surface area contributed by atoms with Crippen LogP contribution in [0, 0.1) is 52.3 Å². The van der Waals surface area contributed by atoms with Crippen molar-refractivity contribution in [2.75, 3.05) is 7.11 Å². The molecule has 0 aromatic carbocycles. The van der Waals surface area contributed by atoms with Crippen molar-refractivity contribution in [2.24, 2.45) is 52.3 Å². The minimum absolute atomic E-state index is 0.0251. The zero-order valence-corrected chi connectivity index (χ0v) is 24.1. The number of carbonyl (C=O) groups excluding carboxylic acids is 2. The molecule has 4 rings (SSSR count). The Bertz CT molecular complexity index is 875. The lowest BCUT2D eigenvalue weighted by Gasteiger charge is -2.63. The minimum Gasteiger partial charge on any atom is -0.468 e. The second-order valence-corrected chi connectivity index (χ2v) is 13.9. The summed E-state index contributed by atoms with van der Waals surface area (Å²) in [5, 5.41) is 11.1. The second-order valence-electron chi connectivity index (χ2n) is 13.9. The number of hydrogen-bond acceptors (Lipinski definition) is 4. The molecule has 4 heteroatoms. The average molecular weight is 501 g/mol. The minimum atomic E-state index is -0.635. The van der Waals surface area contributed by atoms with E-state index in [2.05, 4.69) is 33.8 Å². The Morgan fingerprint density at radius 3 is 2.44 bits per heavy atom. The van der Waals surface area contributed by atoms with Crippen LogP contribution in [0.1, 0.15) is 112 Å². The summed E-state index contributed by atoms with van der Waals surface area (Å²) >= 11 is 0. The fourth-order valence-electron chi connectivity index (χ4n) is 9.60. The first-order valence-electron chi connectivity index (χ1n) is 14.9. The van der Waals surface area contributed by atoms with Crippen molar-refractivity contribution < 1.29 is 19.4 Å². The van der Waals surface area contributed by atoms with Gasteiger partial charge in [0.15, 0.2) is 0 Å². The van der Waals surface area contributed by atoms with Crippen LogP contribution in [0.4, 0.5) is 0 Å². The van der Waals surface area contributed by atoms with Crippen molar-refractivity contribution in [2.45, 2.75) is 118 Å². The van der Waals surface area contributed by atoms with Crippen LogP contribution in [-0.4, -0.2) is 29.6 Å². The van der Waals surface area contributed by atoms with Crippen LogP contribution >= 0.6 is 0 Å². The lowest BCUT2D eigenvalue weighted by atomic mass is 9.42. The standard InChI is InChI=1S/C32H52O4/c1-8-32(35)17-16-30(5)22(19-32)12-13-23-26-11-9-10-25(31(26,6)15-14-27(23)30)21(4)18-24(29(34)36-7)28(33)20(2)3/h12,20-21,23-27,35H,8-11,13-19H2,1-7H3/t21-,23+,24?,25-,26+,27+,30+,31-,32+/m1/s1. The molecule has 4 nitrogen and oxygen atoms in total. The molecule has 9 atom stereocenters. The number of esters is 1. The Morgan fingerprint density at radius 1 is 1.08 bits per heavy atom. The van der Waals surface area contributed by atoms with Gasteiger partial charge in [-0.05, 0) is 105 Å². The highest BCUT2D eigenvalue weighted by Gasteiger charge is 2.58. The molecule has 3 fully saturated rings. The Balaban J connectivity index is 1.56. The first-order valence-corrected chi connectivity index (χ1v) is 14.9. The highest BCUT2D eigenvalue weighted by atomic mass is 16.5. The molecule has 0 aromatic rings. The molecule has 0 radical (unpaired) electrons. The molecule has 0 aliphatic heterocycles. The maximum Gasteiger partial charge on any atom is 0.316 e. The molecule has 4 aliphatic carbocycles. The van der Waals surface area contributed by atoms with Crippen molar-refractivity contribution in [3.63, 3.8) is 0 Å². The number of aliphatic hydroxyl groups is 1. The summed E-state index contributed by atoms with van der Waals surface area (Å²) in [7, 11) is 1.41. The van der Waals surface area contributed by atoms with Crippen molar-refractivity contribution in [3.05, 3.63) is 11.6 Å². The van der Waals surface area contributed by atoms with Gasteiger partial charge in [-0.2, -0.15) is 0 Å². The summed E-state index contributed by atoms with van der Waals surface area (Å²) in [4.78, 5) is 25.5. The van der Waals surface area contributed by atoms with Gasteiger partial charge in [-0.1, -0.05) is 59.6 Å². The molecular formula is C32H52O4. The maximum atomic E-state index is 12.9. The van der Waals surface area contributed by atoms with E-state index in [0.717, 1.165) is 38.0 Å². The van der Waals surface area contributed by atoms with Crippen LogP contribution in [0.5, 0.6) is 0 Å². The maximum absolute atomic E-state index is 12.9. The van der Waals surface area contributed by atoms with Crippen LogP contribution in [0.3, 0.4) is 0 Å². The fraction of sp³-hybridized carbons (Fsp3) is 0.875. The van der Waals surface area contributed by atoms with E-state index in [1.807, 2.05) is 13.8 Å². The first-order chi connectivity index (χ1) is 16.9. The molecule has 0 amide bonds. The fourth-order valence-corrected chi connectivity index (χ4v) is 9.60. The van der Waals surface area contributed by atoms with E-state index in [1.165, 1.54) is 44.8 Å².